The van der Waals surface area contributed by atoms with Gasteiger partial charge in [-0.1, -0.05) is 11.6 Å². The number of carbonyl (C=O) groups excluding carboxylic acids is 2. The molecule has 0 aliphatic carbocycles. The topological polar surface area (TPSA) is 100 Å². The lowest BCUT2D eigenvalue weighted by atomic mass is 10.1. The number of anilines is 1. The highest BCUT2D eigenvalue weighted by Crippen LogP contribution is 2.34. The number of aromatic nitrogens is 1. The summed E-state index contributed by atoms with van der Waals surface area (Å²) in [5.74, 6) is -0.433. The Labute approximate surface area is 188 Å². The van der Waals surface area contributed by atoms with E-state index in [1.54, 1.807) is 36.4 Å². The molecule has 2 aromatic carbocycles. The summed E-state index contributed by atoms with van der Waals surface area (Å²) < 4.78 is 26.2. The van der Waals surface area contributed by atoms with Gasteiger partial charge < -0.3 is 28.3 Å². The summed E-state index contributed by atoms with van der Waals surface area (Å²) in [5, 5.41) is 0.432. The maximum absolute atomic E-state index is 12.5. The molecule has 0 saturated carbocycles. The predicted octanol–water partition coefficient (Wildman–Crippen LogP) is 3.55. The van der Waals surface area contributed by atoms with Crippen molar-refractivity contribution in [2.24, 2.45) is 0 Å². The van der Waals surface area contributed by atoms with Crippen molar-refractivity contribution in [2.75, 3.05) is 39.6 Å². The van der Waals surface area contributed by atoms with Gasteiger partial charge in [0.05, 0.1) is 38.5 Å². The van der Waals surface area contributed by atoms with Gasteiger partial charge in [-0.3, -0.25) is 0 Å². The van der Waals surface area contributed by atoms with Crippen molar-refractivity contribution in [3.63, 3.8) is 0 Å². The molecular weight excluding hydrogens is 440 g/mol. The van der Waals surface area contributed by atoms with Gasteiger partial charge in [0, 0.05) is 11.3 Å². The second-order valence-electron chi connectivity index (χ2n) is 6.74. The number of ether oxygens (including phenoxy) is 4. The highest BCUT2D eigenvalue weighted by molar-refractivity contribution is 6.32. The molecule has 2 heterocycles. The number of hydrogen-bond donors (Lipinski definition) is 0. The lowest BCUT2D eigenvalue weighted by Gasteiger charge is -2.31. The van der Waals surface area contributed by atoms with E-state index in [1.165, 1.54) is 26.2 Å². The van der Waals surface area contributed by atoms with Gasteiger partial charge >= 0.3 is 11.9 Å². The molecule has 0 spiro atoms. The Morgan fingerprint density at radius 1 is 1.06 bits per heavy atom. The van der Waals surface area contributed by atoms with Crippen molar-refractivity contribution in [3.05, 3.63) is 52.7 Å². The van der Waals surface area contributed by atoms with Crippen LogP contribution in [0.5, 0.6) is 5.75 Å². The lowest BCUT2D eigenvalue weighted by molar-refractivity contribution is -0.140. The molecule has 0 radical (unpaired) electrons. The van der Waals surface area contributed by atoms with E-state index in [2.05, 4.69) is 4.98 Å². The van der Waals surface area contributed by atoms with Crippen LogP contribution in [-0.2, 0) is 23.8 Å². The second-order valence-corrected chi connectivity index (χ2v) is 7.14. The fourth-order valence-electron chi connectivity index (χ4n) is 3.35. The van der Waals surface area contributed by atoms with Crippen LogP contribution >= 0.6 is 11.6 Å². The van der Waals surface area contributed by atoms with E-state index in [1.807, 2.05) is 0 Å². The Morgan fingerprint density at radius 2 is 1.84 bits per heavy atom. The molecule has 0 fully saturated rings. The van der Waals surface area contributed by atoms with Gasteiger partial charge in [-0.05, 0) is 36.4 Å². The summed E-state index contributed by atoms with van der Waals surface area (Å²) in [7, 11) is 4.01. The zero-order valence-corrected chi connectivity index (χ0v) is 18.3. The fourth-order valence-corrected chi connectivity index (χ4v) is 3.61. The molecule has 1 aliphatic heterocycles. The number of rotatable bonds is 5. The molecule has 1 aliphatic rings. The number of nitrogens with zero attached hydrogens (tertiary/aromatic N) is 2. The first-order valence-corrected chi connectivity index (χ1v) is 9.84. The summed E-state index contributed by atoms with van der Waals surface area (Å²) >= 11 is 6.21. The third-order valence-corrected chi connectivity index (χ3v) is 5.21. The Morgan fingerprint density at radius 3 is 2.53 bits per heavy atom. The standard InChI is InChI=1S/C22H19ClN2O7/c1-28-17-6-4-12(8-15(17)23)20-24-16-9-13(5-7-18(16)32-20)25-11-31-10-14(21(26)29-2)19(25)22(27)30-3/h4-9H,10-11H2,1-3H3. The number of hydrogen-bond acceptors (Lipinski definition) is 9. The first kappa shape index (κ1) is 21.7. The van der Waals surface area contributed by atoms with E-state index < -0.39 is 11.9 Å². The van der Waals surface area contributed by atoms with Crippen molar-refractivity contribution in [3.8, 4) is 17.2 Å². The van der Waals surface area contributed by atoms with Crippen LogP contribution in [0.15, 0.2) is 52.1 Å². The van der Waals surface area contributed by atoms with Gasteiger partial charge in [-0.15, -0.1) is 0 Å². The number of halogens is 1. The average Bonchev–Trinajstić information content (AvgIpc) is 3.26. The molecule has 10 heteroatoms. The molecule has 3 aromatic rings. The second kappa shape index (κ2) is 8.89. The summed E-state index contributed by atoms with van der Waals surface area (Å²) in [6.45, 7) is -0.0303. The molecule has 0 bridgehead atoms. The van der Waals surface area contributed by atoms with Crippen LogP contribution in [0.25, 0.3) is 22.6 Å². The maximum Gasteiger partial charge on any atom is 0.355 e. The smallest absolute Gasteiger partial charge is 0.355 e. The Hall–Kier alpha value is -3.56. The third-order valence-electron chi connectivity index (χ3n) is 4.91. The van der Waals surface area contributed by atoms with Crippen molar-refractivity contribution in [1.82, 2.24) is 4.98 Å². The number of fused-ring (bicyclic) bond motifs is 1. The highest BCUT2D eigenvalue weighted by atomic mass is 35.5. The van der Waals surface area contributed by atoms with E-state index in [0.717, 1.165) is 0 Å². The SMILES string of the molecule is COC(=O)C1=C(C(=O)OC)N(c2ccc3oc(-c4ccc(OC)c(Cl)c4)nc3c2)COC1. The van der Waals surface area contributed by atoms with Gasteiger partial charge in [0.15, 0.2) is 5.58 Å². The minimum atomic E-state index is -0.678. The van der Waals surface area contributed by atoms with Crippen LogP contribution in [-0.4, -0.2) is 51.6 Å². The number of methoxy groups -OCH3 is 3. The van der Waals surface area contributed by atoms with Gasteiger partial charge in [0.25, 0.3) is 0 Å². The number of esters is 2. The van der Waals surface area contributed by atoms with Crippen LogP contribution in [0, 0.1) is 0 Å². The molecule has 0 N–H and O–H groups in total. The minimum Gasteiger partial charge on any atom is -0.495 e. The Kier molecular flexibility index (Phi) is 6.02. The summed E-state index contributed by atoms with van der Waals surface area (Å²) in [6.07, 6.45) is 0. The first-order valence-electron chi connectivity index (χ1n) is 9.46. The van der Waals surface area contributed by atoms with E-state index in [4.69, 9.17) is 35.0 Å². The molecule has 0 unspecified atom stereocenters. The molecule has 0 amide bonds. The van der Waals surface area contributed by atoms with Crippen LogP contribution in [0.1, 0.15) is 0 Å². The quantitative estimate of drug-likeness (QED) is 0.531. The molecule has 0 saturated heterocycles. The Bertz CT molecular complexity index is 1230. The molecule has 32 heavy (non-hydrogen) atoms. The Balaban J connectivity index is 1.75. The van der Waals surface area contributed by atoms with E-state index in [0.29, 0.717) is 39.0 Å². The first-order chi connectivity index (χ1) is 15.5. The zero-order chi connectivity index (χ0) is 22.8. The van der Waals surface area contributed by atoms with Gasteiger partial charge in [-0.25, -0.2) is 14.6 Å². The van der Waals surface area contributed by atoms with Crippen molar-refractivity contribution < 1.29 is 33.0 Å². The van der Waals surface area contributed by atoms with Crippen molar-refractivity contribution in [1.29, 1.82) is 0 Å². The van der Waals surface area contributed by atoms with Crippen LogP contribution in [0.2, 0.25) is 5.02 Å². The summed E-state index contributed by atoms with van der Waals surface area (Å²) in [4.78, 5) is 30.7. The van der Waals surface area contributed by atoms with Gasteiger partial charge in [0.2, 0.25) is 5.89 Å². The maximum atomic E-state index is 12.5. The molecule has 1 aromatic heterocycles. The number of benzene rings is 2. The summed E-state index contributed by atoms with van der Waals surface area (Å²) in [6, 6.07) is 10.4. The van der Waals surface area contributed by atoms with Gasteiger partial charge in [-0.2, -0.15) is 0 Å². The van der Waals surface area contributed by atoms with E-state index >= 15 is 0 Å². The molecule has 0 atom stereocenters. The van der Waals surface area contributed by atoms with E-state index in [9.17, 15) is 9.59 Å². The zero-order valence-electron chi connectivity index (χ0n) is 17.5. The van der Waals surface area contributed by atoms with Gasteiger partial charge in [0.1, 0.15) is 23.7 Å². The van der Waals surface area contributed by atoms with E-state index in [-0.39, 0.29) is 24.6 Å². The highest BCUT2D eigenvalue weighted by Gasteiger charge is 2.32. The van der Waals surface area contributed by atoms with Crippen molar-refractivity contribution in [2.45, 2.75) is 0 Å². The molecular formula is C22H19ClN2O7. The average molecular weight is 459 g/mol. The predicted molar refractivity (Wildman–Crippen MR) is 115 cm³/mol. The van der Waals surface area contributed by atoms with Crippen LogP contribution < -0.4 is 9.64 Å². The largest absolute Gasteiger partial charge is 0.495 e. The molecule has 166 valence electrons. The summed E-state index contributed by atoms with van der Waals surface area (Å²) in [5.41, 5.74) is 2.43. The molecule has 4 rings (SSSR count). The minimum absolute atomic E-state index is 0.0369. The van der Waals surface area contributed by atoms with Crippen LogP contribution in [0.3, 0.4) is 0 Å². The fraction of sp³-hybridized carbons (Fsp3) is 0.227. The van der Waals surface area contributed by atoms with Crippen LogP contribution in [0.4, 0.5) is 5.69 Å². The monoisotopic (exact) mass is 458 g/mol. The van der Waals surface area contributed by atoms with Crippen molar-refractivity contribution >= 4 is 40.3 Å². The normalized spacial score (nSPS) is 13.9. The molecule has 9 nitrogen and oxygen atoms in total. The lowest BCUT2D eigenvalue weighted by Crippen LogP contribution is -2.38. The number of carbonyl (C=O) groups is 2. The number of oxazole rings is 1. The third kappa shape index (κ3) is 3.88.